The molecular weight excluding hydrogens is 289 g/mol. The summed E-state index contributed by atoms with van der Waals surface area (Å²) in [6.07, 6.45) is 0.526. The zero-order valence-electron chi connectivity index (χ0n) is 11.9. The summed E-state index contributed by atoms with van der Waals surface area (Å²) in [6, 6.07) is 10.8. The number of rotatable bonds is 2. The molecule has 0 radical (unpaired) electrons. The minimum atomic E-state index is -3.62. The van der Waals surface area contributed by atoms with Crippen LogP contribution in [0.5, 0.6) is 0 Å². The van der Waals surface area contributed by atoms with Gasteiger partial charge in [0.05, 0.1) is 10.6 Å². The van der Waals surface area contributed by atoms with Crippen molar-refractivity contribution in [2.75, 3.05) is 4.31 Å². The maximum atomic E-state index is 13.3. The Kier molecular flexibility index (Phi) is 3.24. The van der Waals surface area contributed by atoms with Gasteiger partial charge >= 0.3 is 0 Å². The Bertz CT molecular complexity index is 784. The normalized spacial score (nSPS) is 17.9. The van der Waals surface area contributed by atoms with Crippen molar-refractivity contribution >= 4 is 15.7 Å². The van der Waals surface area contributed by atoms with Crippen LogP contribution in [0.2, 0.25) is 0 Å². The average molecular weight is 305 g/mol. The molecule has 5 heteroatoms. The topological polar surface area (TPSA) is 37.4 Å². The molecule has 110 valence electrons. The number of sulfonamides is 1. The Morgan fingerprint density at radius 1 is 1.14 bits per heavy atom. The first-order valence-corrected chi connectivity index (χ1v) is 8.23. The molecular formula is C16H16FNO2S. The highest BCUT2D eigenvalue weighted by atomic mass is 32.2. The fourth-order valence-corrected chi connectivity index (χ4v) is 4.45. The fraction of sp³-hybridized carbons (Fsp3) is 0.250. The number of hydrogen-bond acceptors (Lipinski definition) is 2. The van der Waals surface area contributed by atoms with Gasteiger partial charge in [-0.1, -0.05) is 17.7 Å². The minimum Gasteiger partial charge on any atom is -0.263 e. The first-order valence-electron chi connectivity index (χ1n) is 6.79. The van der Waals surface area contributed by atoms with E-state index in [2.05, 4.69) is 0 Å². The monoisotopic (exact) mass is 305 g/mol. The second-order valence-corrected chi connectivity index (χ2v) is 7.26. The molecule has 0 saturated heterocycles. The molecule has 1 aliphatic rings. The molecule has 1 aliphatic heterocycles. The smallest absolute Gasteiger partial charge is 0.263 e. The number of anilines is 1. The van der Waals surface area contributed by atoms with Gasteiger partial charge in [0.1, 0.15) is 5.82 Å². The van der Waals surface area contributed by atoms with E-state index in [9.17, 15) is 12.8 Å². The Morgan fingerprint density at radius 3 is 2.48 bits per heavy atom. The Morgan fingerprint density at radius 2 is 1.81 bits per heavy atom. The van der Waals surface area contributed by atoms with Gasteiger partial charge in [-0.3, -0.25) is 4.31 Å². The molecule has 0 spiro atoms. The van der Waals surface area contributed by atoms with Crippen molar-refractivity contribution < 1.29 is 12.8 Å². The van der Waals surface area contributed by atoms with Crippen molar-refractivity contribution in [3.05, 3.63) is 59.4 Å². The first kappa shape index (κ1) is 14.1. The summed E-state index contributed by atoms with van der Waals surface area (Å²) in [5.41, 5.74) is 2.31. The molecule has 0 N–H and O–H groups in total. The van der Waals surface area contributed by atoms with Crippen molar-refractivity contribution in [3.8, 4) is 0 Å². The van der Waals surface area contributed by atoms with Crippen LogP contribution in [0.4, 0.5) is 10.1 Å². The fourth-order valence-electron chi connectivity index (χ4n) is 2.76. The van der Waals surface area contributed by atoms with Crippen molar-refractivity contribution in [2.45, 2.75) is 31.2 Å². The van der Waals surface area contributed by atoms with E-state index in [1.54, 1.807) is 30.3 Å². The lowest BCUT2D eigenvalue weighted by Crippen LogP contribution is -2.35. The summed E-state index contributed by atoms with van der Waals surface area (Å²) >= 11 is 0. The lowest BCUT2D eigenvalue weighted by atomic mass is 10.1. The van der Waals surface area contributed by atoms with Crippen LogP contribution >= 0.6 is 0 Å². The van der Waals surface area contributed by atoms with Gasteiger partial charge < -0.3 is 0 Å². The van der Waals surface area contributed by atoms with Gasteiger partial charge in [0, 0.05) is 6.04 Å². The Balaban J connectivity index is 2.10. The lowest BCUT2D eigenvalue weighted by Gasteiger charge is -2.24. The number of fused-ring (bicyclic) bond motifs is 1. The largest absolute Gasteiger partial charge is 0.264 e. The quantitative estimate of drug-likeness (QED) is 0.854. The summed E-state index contributed by atoms with van der Waals surface area (Å²) in [6.45, 7) is 3.75. The van der Waals surface area contributed by atoms with Gasteiger partial charge in [-0.15, -0.1) is 0 Å². The highest BCUT2D eigenvalue weighted by Gasteiger charge is 2.36. The molecule has 0 amide bonds. The summed E-state index contributed by atoms with van der Waals surface area (Å²) in [5.74, 6) is -0.337. The van der Waals surface area contributed by atoms with Crippen LogP contribution in [0.25, 0.3) is 0 Å². The summed E-state index contributed by atoms with van der Waals surface area (Å²) in [7, 11) is -3.62. The van der Waals surface area contributed by atoms with Crippen LogP contribution in [-0.4, -0.2) is 14.5 Å². The van der Waals surface area contributed by atoms with E-state index in [1.165, 1.54) is 16.4 Å². The summed E-state index contributed by atoms with van der Waals surface area (Å²) in [4.78, 5) is 0.261. The molecule has 0 fully saturated rings. The maximum Gasteiger partial charge on any atom is 0.264 e. The molecule has 1 unspecified atom stereocenters. The molecule has 1 heterocycles. The van der Waals surface area contributed by atoms with Gasteiger partial charge in [-0.2, -0.15) is 0 Å². The number of hydrogen-bond donors (Lipinski definition) is 0. The molecule has 21 heavy (non-hydrogen) atoms. The van der Waals surface area contributed by atoms with E-state index in [0.717, 1.165) is 11.1 Å². The van der Waals surface area contributed by atoms with Gasteiger partial charge in [0.15, 0.2) is 0 Å². The van der Waals surface area contributed by atoms with Crippen molar-refractivity contribution in [1.82, 2.24) is 0 Å². The zero-order valence-corrected chi connectivity index (χ0v) is 12.7. The molecule has 1 atom stereocenters. The maximum absolute atomic E-state index is 13.3. The second kappa shape index (κ2) is 4.84. The van der Waals surface area contributed by atoms with Gasteiger partial charge in [0.25, 0.3) is 10.0 Å². The van der Waals surface area contributed by atoms with Gasteiger partial charge in [0.2, 0.25) is 0 Å². The van der Waals surface area contributed by atoms with Crippen LogP contribution in [0.3, 0.4) is 0 Å². The van der Waals surface area contributed by atoms with Crippen molar-refractivity contribution in [3.63, 3.8) is 0 Å². The van der Waals surface area contributed by atoms with Crippen molar-refractivity contribution in [2.24, 2.45) is 0 Å². The van der Waals surface area contributed by atoms with Crippen LogP contribution in [-0.2, 0) is 16.4 Å². The standard InChI is InChI=1S/C16H16FNO2S/c1-11-3-6-15(7-4-11)21(19,20)18-12(2)9-13-10-14(17)5-8-16(13)18/h3-8,10,12H,9H2,1-2H3. The predicted octanol–water partition coefficient (Wildman–Crippen LogP) is 3.27. The van der Waals surface area contributed by atoms with Crippen LogP contribution in [0.15, 0.2) is 47.4 Å². The summed E-state index contributed by atoms with van der Waals surface area (Å²) < 4.78 is 40.4. The highest BCUT2D eigenvalue weighted by molar-refractivity contribution is 7.92. The van der Waals surface area contributed by atoms with E-state index >= 15 is 0 Å². The third kappa shape index (κ3) is 2.31. The average Bonchev–Trinajstić information content (AvgIpc) is 2.74. The van der Waals surface area contributed by atoms with Crippen LogP contribution in [0.1, 0.15) is 18.1 Å². The van der Waals surface area contributed by atoms with Crippen LogP contribution < -0.4 is 4.31 Å². The number of nitrogens with zero attached hydrogens (tertiary/aromatic N) is 1. The molecule has 0 aromatic heterocycles. The number of benzene rings is 2. The second-order valence-electron chi connectivity index (χ2n) is 5.44. The highest BCUT2D eigenvalue weighted by Crippen LogP contribution is 2.36. The van der Waals surface area contributed by atoms with E-state index in [0.29, 0.717) is 12.1 Å². The van der Waals surface area contributed by atoms with Gasteiger partial charge in [-0.05, 0) is 56.2 Å². The van der Waals surface area contributed by atoms with E-state index < -0.39 is 10.0 Å². The Labute approximate surface area is 124 Å². The van der Waals surface area contributed by atoms with E-state index in [4.69, 9.17) is 0 Å². The molecule has 3 rings (SSSR count). The molecule has 2 aromatic carbocycles. The molecule has 0 bridgehead atoms. The number of halogens is 1. The number of aryl methyl sites for hydroxylation is 1. The first-order chi connectivity index (χ1) is 9.89. The van der Waals surface area contributed by atoms with Gasteiger partial charge in [-0.25, -0.2) is 12.8 Å². The Hall–Kier alpha value is -1.88. The van der Waals surface area contributed by atoms with Crippen LogP contribution in [0, 0.1) is 12.7 Å². The van der Waals surface area contributed by atoms with E-state index in [-0.39, 0.29) is 16.8 Å². The third-order valence-corrected chi connectivity index (χ3v) is 5.71. The lowest BCUT2D eigenvalue weighted by molar-refractivity contribution is 0.584. The molecule has 3 nitrogen and oxygen atoms in total. The molecule has 0 aliphatic carbocycles. The zero-order chi connectivity index (χ0) is 15.2. The predicted molar refractivity (Wildman–Crippen MR) is 80.4 cm³/mol. The minimum absolute atomic E-state index is 0.215. The SMILES string of the molecule is Cc1ccc(S(=O)(=O)N2c3ccc(F)cc3CC2C)cc1. The molecule has 2 aromatic rings. The summed E-state index contributed by atoms with van der Waals surface area (Å²) in [5, 5.41) is 0. The van der Waals surface area contributed by atoms with Crippen molar-refractivity contribution in [1.29, 1.82) is 0 Å². The van der Waals surface area contributed by atoms with E-state index in [1.807, 2.05) is 13.8 Å². The molecule has 0 saturated carbocycles. The third-order valence-electron chi connectivity index (χ3n) is 3.77.